The molecule has 0 aliphatic rings. The second-order valence-electron chi connectivity index (χ2n) is 3.78. The van der Waals surface area contributed by atoms with E-state index in [1.165, 1.54) is 6.92 Å². The van der Waals surface area contributed by atoms with Crippen LogP contribution in [-0.2, 0) is 4.79 Å². The number of nitrogens with one attached hydrogen (secondary N) is 1. The van der Waals surface area contributed by atoms with Gasteiger partial charge in [0.05, 0.1) is 12.3 Å². The zero-order valence-corrected chi connectivity index (χ0v) is 10.8. The fourth-order valence-electron chi connectivity index (χ4n) is 1.44. The summed E-state index contributed by atoms with van der Waals surface area (Å²) in [5.41, 5.74) is 0.720. The van der Waals surface area contributed by atoms with Crippen LogP contribution in [0.15, 0.2) is 24.3 Å². The summed E-state index contributed by atoms with van der Waals surface area (Å²) in [5, 5.41) is 2.74. The van der Waals surface area contributed by atoms with Crippen LogP contribution in [0.2, 0.25) is 0 Å². The second-order valence-corrected chi connectivity index (χ2v) is 4.15. The minimum atomic E-state index is -0.0943. The van der Waals surface area contributed by atoms with Gasteiger partial charge in [-0.2, -0.15) is 0 Å². The molecule has 0 aromatic heterocycles. The predicted octanol–water partition coefficient (Wildman–Crippen LogP) is 3.43. The van der Waals surface area contributed by atoms with Crippen LogP contribution in [0, 0.1) is 0 Å². The molecule has 0 atom stereocenters. The van der Waals surface area contributed by atoms with Crippen LogP contribution in [0.1, 0.15) is 26.2 Å². The summed E-state index contributed by atoms with van der Waals surface area (Å²) in [6.07, 6.45) is 3.05. The molecular formula is C13H18ClNO2. The molecule has 0 saturated heterocycles. The monoisotopic (exact) mass is 255 g/mol. The number of halogens is 1. The highest BCUT2D eigenvalue weighted by Crippen LogP contribution is 2.23. The number of carbonyl (C=O) groups excluding carboxylic acids is 1. The Labute approximate surface area is 107 Å². The summed E-state index contributed by atoms with van der Waals surface area (Å²) < 4.78 is 5.63. The lowest BCUT2D eigenvalue weighted by Crippen LogP contribution is -2.08. The number of carbonyl (C=O) groups is 1. The molecule has 0 aliphatic carbocycles. The van der Waals surface area contributed by atoms with Crippen molar-refractivity contribution in [3.8, 4) is 5.75 Å². The third kappa shape index (κ3) is 5.59. The quantitative estimate of drug-likeness (QED) is 0.599. The van der Waals surface area contributed by atoms with Crippen molar-refractivity contribution in [2.45, 2.75) is 26.2 Å². The highest BCUT2D eigenvalue weighted by atomic mass is 35.5. The van der Waals surface area contributed by atoms with Gasteiger partial charge >= 0.3 is 0 Å². The molecular weight excluding hydrogens is 238 g/mol. The van der Waals surface area contributed by atoms with Crippen molar-refractivity contribution in [3.05, 3.63) is 24.3 Å². The van der Waals surface area contributed by atoms with E-state index in [2.05, 4.69) is 5.32 Å². The summed E-state index contributed by atoms with van der Waals surface area (Å²) in [4.78, 5) is 11.0. The average Bonchev–Trinajstić information content (AvgIpc) is 2.30. The zero-order valence-electron chi connectivity index (χ0n) is 10.0. The van der Waals surface area contributed by atoms with Gasteiger partial charge in [0, 0.05) is 12.8 Å². The molecule has 4 heteroatoms. The summed E-state index contributed by atoms with van der Waals surface area (Å²) in [6, 6.07) is 7.44. The first-order valence-electron chi connectivity index (χ1n) is 5.79. The number of alkyl halides is 1. The molecule has 0 unspecified atom stereocenters. The van der Waals surface area contributed by atoms with Crippen LogP contribution in [0.25, 0.3) is 0 Å². The number of amides is 1. The van der Waals surface area contributed by atoms with Crippen LogP contribution in [0.4, 0.5) is 5.69 Å². The van der Waals surface area contributed by atoms with E-state index >= 15 is 0 Å². The van der Waals surface area contributed by atoms with Crippen LogP contribution < -0.4 is 10.1 Å². The minimum absolute atomic E-state index is 0.0943. The van der Waals surface area contributed by atoms with Gasteiger partial charge in [0.1, 0.15) is 5.75 Å². The molecule has 0 bridgehead atoms. The Bertz CT molecular complexity index is 355. The van der Waals surface area contributed by atoms with Gasteiger partial charge in [-0.15, -0.1) is 11.6 Å². The van der Waals surface area contributed by atoms with Crippen molar-refractivity contribution in [3.63, 3.8) is 0 Å². The summed E-state index contributed by atoms with van der Waals surface area (Å²) in [5.74, 6) is 1.32. The number of anilines is 1. The molecule has 1 rings (SSSR count). The maximum Gasteiger partial charge on any atom is 0.221 e. The molecule has 3 nitrogen and oxygen atoms in total. The van der Waals surface area contributed by atoms with E-state index in [9.17, 15) is 4.79 Å². The number of benzene rings is 1. The number of ether oxygens (including phenoxy) is 1. The van der Waals surface area contributed by atoms with Crippen molar-refractivity contribution >= 4 is 23.2 Å². The fraction of sp³-hybridized carbons (Fsp3) is 0.462. The first kappa shape index (κ1) is 13.8. The first-order chi connectivity index (χ1) is 8.24. The maximum absolute atomic E-state index is 11.0. The lowest BCUT2D eigenvalue weighted by Gasteiger charge is -2.11. The molecule has 0 fully saturated rings. The van der Waals surface area contributed by atoms with Crippen LogP contribution in [-0.4, -0.2) is 18.4 Å². The van der Waals surface area contributed by atoms with Gasteiger partial charge in [-0.05, 0) is 31.4 Å². The minimum Gasteiger partial charge on any atom is -0.491 e. The van der Waals surface area contributed by atoms with E-state index in [0.717, 1.165) is 24.9 Å². The number of unbranched alkanes of at least 4 members (excludes halogenated alkanes) is 2. The number of rotatable bonds is 7. The third-order valence-corrected chi connectivity index (χ3v) is 2.50. The average molecular weight is 256 g/mol. The molecule has 1 aromatic rings. The Morgan fingerprint density at radius 1 is 1.29 bits per heavy atom. The molecule has 1 N–H and O–H groups in total. The molecule has 0 spiro atoms. The molecule has 17 heavy (non-hydrogen) atoms. The van der Waals surface area contributed by atoms with Crippen molar-refractivity contribution in [2.75, 3.05) is 17.8 Å². The van der Waals surface area contributed by atoms with Gasteiger partial charge in [0.2, 0.25) is 5.91 Å². The molecule has 0 aliphatic heterocycles. The van der Waals surface area contributed by atoms with E-state index in [1.807, 2.05) is 24.3 Å². The Hall–Kier alpha value is -1.22. The maximum atomic E-state index is 11.0. The summed E-state index contributed by atoms with van der Waals surface area (Å²) in [6.45, 7) is 2.13. The molecule has 0 saturated carbocycles. The van der Waals surface area contributed by atoms with Crippen molar-refractivity contribution in [1.29, 1.82) is 0 Å². The SMILES string of the molecule is CC(=O)Nc1ccccc1OCCCCCCl. The van der Waals surface area contributed by atoms with Crippen LogP contribution >= 0.6 is 11.6 Å². The smallest absolute Gasteiger partial charge is 0.221 e. The lowest BCUT2D eigenvalue weighted by atomic mass is 10.2. The standard InChI is InChI=1S/C13H18ClNO2/c1-11(16)15-12-7-3-4-8-13(12)17-10-6-2-5-9-14/h3-4,7-8H,2,5-6,9-10H2,1H3,(H,15,16). The molecule has 0 heterocycles. The summed E-state index contributed by atoms with van der Waals surface area (Å²) >= 11 is 5.59. The van der Waals surface area contributed by atoms with Gasteiger partial charge in [0.25, 0.3) is 0 Å². The van der Waals surface area contributed by atoms with Crippen LogP contribution in [0.3, 0.4) is 0 Å². The van der Waals surface area contributed by atoms with Gasteiger partial charge < -0.3 is 10.1 Å². The molecule has 0 radical (unpaired) electrons. The van der Waals surface area contributed by atoms with Crippen molar-refractivity contribution in [1.82, 2.24) is 0 Å². The Kier molecular flexibility index (Phi) is 6.48. The van der Waals surface area contributed by atoms with E-state index in [-0.39, 0.29) is 5.91 Å². The number of hydrogen-bond acceptors (Lipinski definition) is 2. The van der Waals surface area contributed by atoms with Gasteiger partial charge in [-0.3, -0.25) is 4.79 Å². The van der Waals surface area contributed by atoms with Gasteiger partial charge in [0.15, 0.2) is 0 Å². The summed E-state index contributed by atoms with van der Waals surface area (Å²) in [7, 11) is 0. The van der Waals surface area contributed by atoms with Gasteiger partial charge in [-0.1, -0.05) is 12.1 Å². The van der Waals surface area contributed by atoms with Crippen LogP contribution in [0.5, 0.6) is 5.75 Å². The second kappa shape index (κ2) is 7.96. The first-order valence-corrected chi connectivity index (χ1v) is 6.33. The number of para-hydroxylation sites is 2. The Morgan fingerprint density at radius 2 is 2.06 bits per heavy atom. The Morgan fingerprint density at radius 3 is 2.76 bits per heavy atom. The lowest BCUT2D eigenvalue weighted by molar-refractivity contribution is -0.114. The largest absolute Gasteiger partial charge is 0.491 e. The van der Waals surface area contributed by atoms with Crippen molar-refractivity contribution in [2.24, 2.45) is 0 Å². The highest BCUT2D eigenvalue weighted by molar-refractivity contribution is 6.17. The highest BCUT2D eigenvalue weighted by Gasteiger charge is 2.03. The van der Waals surface area contributed by atoms with E-state index in [4.69, 9.17) is 16.3 Å². The predicted molar refractivity (Wildman–Crippen MR) is 70.8 cm³/mol. The molecule has 1 amide bonds. The number of hydrogen-bond donors (Lipinski definition) is 1. The molecule has 94 valence electrons. The topological polar surface area (TPSA) is 38.3 Å². The van der Waals surface area contributed by atoms with E-state index in [0.29, 0.717) is 18.2 Å². The molecule has 1 aromatic carbocycles. The third-order valence-electron chi connectivity index (χ3n) is 2.23. The van der Waals surface area contributed by atoms with E-state index in [1.54, 1.807) is 0 Å². The Balaban J connectivity index is 2.43. The van der Waals surface area contributed by atoms with Crippen molar-refractivity contribution < 1.29 is 9.53 Å². The van der Waals surface area contributed by atoms with E-state index < -0.39 is 0 Å². The van der Waals surface area contributed by atoms with Gasteiger partial charge in [-0.25, -0.2) is 0 Å². The normalized spacial score (nSPS) is 10.0. The fourth-order valence-corrected chi connectivity index (χ4v) is 1.63. The zero-order chi connectivity index (χ0) is 12.5.